The molecule has 0 heterocycles. The number of nitrogens with two attached hydrogens (primary N) is 1. The molecule has 1 aromatic carbocycles. The van der Waals surface area contributed by atoms with Crippen molar-refractivity contribution in [2.75, 3.05) is 13.7 Å². The number of carbonyl (C=O) groups is 1. The first kappa shape index (κ1) is 14.1. The number of hydrogen-bond acceptors (Lipinski definition) is 4. The number of rotatable bonds is 5. The van der Waals surface area contributed by atoms with E-state index >= 15 is 0 Å². The van der Waals surface area contributed by atoms with Gasteiger partial charge in [0.1, 0.15) is 5.75 Å². The van der Waals surface area contributed by atoms with Gasteiger partial charge >= 0.3 is 5.97 Å². The standard InChI is InChI=1S/C11H13Cl2NO3/c1-16-10(15)2-3-17-11-7(6-14)4-8(12)5-9(11)13/h4-5H,2-3,6,14H2,1H3. The molecule has 0 fully saturated rings. The zero-order chi connectivity index (χ0) is 12.8. The number of ether oxygens (including phenoxy) is 2. The zero-order valence-corrected chi connectivity index (χ0v) is 10.8. The lowest BCUT2D eigenvalue weighted by Gasteiger charge is -2.12. The maximum absolute atomic E-state index is 10.9. The third-order valence-corrected chi connectivity index (χ3v) is 2.58. The van der Waals surface area contributed by atoms with E-state index in [4.69, 9.17) is 33.7 Å². The Hall–Kier alpha value is -0.970. The summed E-state index contributed by atoms with van der Waals surface area (Å²) in [5.41, 5.74) is 6.26. The number of halogens is 2. The maximum Gasteiger partial charge on any atom is 0.308 e. The summed E-state index contributed by atoms with van der Waals surface area (Å²) in [6.45, 7) is 0.439. The van der Waals surface area contributed by atoms with Gasteiger partial charge < -0.3 is 15.2 Å². The Morgan fingerprint density at radius 3 is 2.71 bits per heavy atom. The number of carbonyl (C=O) groups excluding carboxylic acids is 1. The highest BCUT2D eigenvalue weighted by Crippen LogP contribution is 2.32. The smallest absolute Gasteiger partial charge is 0.308 e. The molecular formula is C11H13Cl2NO3. The fourth-order valence-electron chi connectivity index (χ4n) is 1.27. The van der Waals surface area contributed by atoms with Crippen LogP contribution in [-0.4, -0.2) is 19.7 Å². The SMILES string of the molecule is COC(=O)CCOc1c(Cl)cc(Cl)cc1CN. The maximum atomic E-state index is 10.9. The molecule has 0 atom stereocenters. The van der Waals surface area contributed by atoms with E-state index in [1.807, 2.05) is 0 Å². The van der Waals surface area contributed by atoms with Crippen LogP contribution in [0.15, 0.2) is 12.1 Å². The van der Waals surface area contributed by atoms with Gasteiger partial charge in [-0.25, -0.2) is 0 Å². The minimum Gasteiger partial charge on any atom is -0.491 e. The molecule has 0 unspecified atom stereocenters. The molecule has 0 bridgehead atoms. The van der Waals surface area contributed by atoms with Gasteiger partial charge in [-0.1, -0.05) is 23.2 Å². The summed E-state index contributed by atoms with van der Waals surface area (Å²) in [5.74, 6) is 0.117. The largest absolute Gasteiger partial charge is 0.491 e. The first-order chi connectivity index (χ1) is 8.08. The Bertz CT molecular complexity index is 410. The van der Waals surface area contributed by atoms with Gasteiger partial charge in [-0.2, -0.15) is 0 Å². The highest BCUT2D eigenvalue weighted by molar-refractivity contribution is 6.35. The molecule has 0 saturated heterocycles. The second-order valence-electron chi connectivity index (χ2n) is 3.25. The van der Waals surface area contributed by atoms with Crippen LogP contribution in [0.2, 0.25) is 10.0 Å². The van der Waals surface area contributed by atoms with Crippen LogP contribution in [0.5, 0.6) is 5.75 Å². The molecule has 1 aromatic rings. The van der Waals surface area contributed by atoms with E-state index in [2.05, 4.69) is 4.74 Å². The van der Waals surface area contributed by atoms with E-state index in [1.54, 1.807) is 12.1 Å². The van der Waals surface area contributed by atoms with Crippen molar-refractivity contribution in [3.8, 4) is 5.75 Å². The quantitative estimate of drug-likeness (QED) is 0.840. The van der Waals surface area contributed by atoms with Crippen molar-refractivity contribution in [1.82, 2.24) is 0 Å². The summed E-state index contributed by atoms with van der Waals surface area (Å²) in [6, 6.07) is 3.25. The molecule has 0 amide bonds. The fraction of sp³-hybridized carbons (Fsp3) is 0.364. The monoisotopic (exact) mass is 277 g/mol. The molecule has 0 aliphatic carbocycles. The molecule has 6 heteroatoms. The molecule has 17 heavy (non-hydrogen) atoms. The molecule has 0 spiro atoms. The Kier molecular flexibility index (Phi) is 5.55. The fourth-order valence-corrected chi connectivity index (χ4v) is 1.86. The van der Waals surface area contributed by atoms with E-state index in [9.17, 15) is 4.79 Å². The average molecular weight is 278 g/mol. The summed E-state index contributed by atoms with van der Waals surface area (Å²) in [6.07, 6.45) is 0.152. The van der Waals surface area contributed by atoms with Crippen molar-refractivity contribution in [3.05, 3.63) is 27.7 Å². The minimum absolute atomic E-state index is 0.152. The predicted molar refractivity (Wildman–Crippen MR) is 66.5 cm³/mol. The summed E-state index contributed by atoms with van der Waals surface area (Å²) < 4.78 is 9.91. The zero-order valence-electron chi connectivity index (χ0n) is 9.33. The Morgan fingerprint density at radius 1 is 1.41 bits per heavy atom. The third-order valence-electron chi connectivity index (χ3n) is 2.09. The molecule has 0 saturated carbocycles. The van der Waals surface area contributed by atoms with Crippen LogP contribution < -0.4 is 10.5 Å². The Morgan fingerprint density at radius 2 is 2.12 bits per heavy atom. The van der Waals surface area contributed by atoms with Gasteiger partial charge in [0, 0.05) is 17.1 Å². The van der Waals surface area contributed by atoms with Crippen LogP contribution in [0.4, 0.5) is 0 Å². The number of esters is 1. The van der Waals surface area contributed by atoms with Gasteiger partial charge in [-0.15, -0.1) is 0 Å². The molecule has 2 N–H and O–H groups in total. The summed E-state index contributed by atoms with van der Waals surface area (Å²) in [5, 5.41) is 0.874. The van der Waals surface area contributed by atoms with E-state index in [0.717, 1.165) is 0 Å². The first-order valence-corrected chi connectivity index (χ1v) is 5.71. The molecule has 94 valence electrons. The Labute approximate surface area is 110 Å². The summed E-state index contributed by atoms with van der Waals surface area (Å²) in [7, 11) is 1.32. The van der Waals surface area contributed by atoms with Crippen LogP contribution in [0.3, 0.4) is 0 Å². The molecule has 0 aliphatic heterocycles. The van der Waals surface area contributed by atoms with Crippen molar-refractivity contribution in [2.24, 2.45) is 5.73 Å². The van der Waals surface area contributed by atoms with E-state index in [1.165, 1.54) is 7.11 Å². The molecule has 0 aliphatic rings. The molecule has 4 nitrogen and oxygen atoms in total. The van der Waals surface area contributed by atoms with Crippen molar-refractivity contribution in [2.45, 2.75) is 13.0 Å². The first-order valence-electron chi connectivity index (χ1n) is 4.96. The highest BCUT2D eigenvalue weighted by Gasteiger charge is 2.10. The van der Waals surface area contributed by atoms with Crippen LogP contribution in [0.1, 0.15) is 12.0 Å². The molecule has 0 radical (unpaired) electrons. The second kappa shape index (κ2) is 6.69. The predicted octanol–water partition coefficient (Wildman–Crippen LogP) is 2.39. The van der Waals surface area contributed by atoms with E-state index in [-0.39, 0.29) is 25.5 Å². The Balaban J connectivity index is 2.73. The second-order valence-corrected chi connectivity index (χ2v) is 4.10. The third kappa shape index (κ3) is 4.07. The van der Waals surface area contributed by atoms with Gasteiger partial charge in [0.15, 0.2) is 0 Å². The van der Waals surface area contributed by atoms with Crippen molar-refractivity contribution in [3.63, 3.8) is 0 Å². The highest BCUT2D eigenvalue weighted by atomic mass is 35.5. The van der Waals surface area contributed by atoms with Crippen LogP contribution in [0.25, 0.3) is 0 Å². The van der Waals surface area contributed by atoms with Gasteiger partial charge in [-0.3, -0.25) is 4.79 Å². The number of methoxy groups -OCH3 is 1. The number of hydrogen-bond donors (Lipinski definition) is 1. The van der Waals surface area contributed by atoms with Gasteiger partial charge in [0.2, 0.25) is 0 Å². The summed E-state index contributed by atoms with van der Waals surface area (Å²) in [4.78, 5) is 10.9. The van der Waals surface area contributed by atoms with Crippen molar-refractivity contribution >= 4 is 29.2 Å². The van der Waals surface area contributed by atoms with Gasteiger partial charge in [0.25, 0.3) is 0 Å². The molecule has 0 aromatic heterocycles. The van der Waals surface area contributed by atoms with Gasteiger partial charge in [0.05, 0.1) is 25.2 Å². The van der Waals surface area contributed by atoms with Crippen LogP contribution in [-0.2, 0) is 16.1 Å². The van der Waals surface area contributed by atoms with Gasteiger partial charge in [-0.05, 0) is 12.1 Å². The lowest BCUT2D eigenvalue weighted by molar-refractivity contribution is -0.141. The summed E-state index contributed by atoms with van der Waals surface area (Å²) >= 11 is 11.8. The molecule has 1 rings (SSSR count). The normalized spacial score (nSPS) is 10.1. The number of benzene rings is 1. The van der Waals surface area contributed by atoms with E-state index in [0.29, 0.717) is 21.4 Å². The lowest BCUT2D eigenvalue weighted by atomic mass is 10.2. The van der Waals surface area contributed by atoms with E-state index < -0.39 is 0 Å². The van der Waals surface area contributed by atoms with Crippen molar-refractivity contribution in [1.29, 1.82) is 0 Å². The van der Waals surface area contributed by atoms with Crippen molar-refractivity contribution < 1.29 is 14.3 Å². The topological polar surface area (TPSA) is 61.5 Å². The molecular weight excluding hydrogens is 265 g/mol. The lowest BCUT2D eigenvalue weighted by Crippen LogP contribution is -2.09. The van der Waals surface area contributed by atoms with Crippen LogP contribution >= 0.6 is 23.2 Å². The average Bonchev–Trinajstić information content (AvgIpc) is 2.30. The van der Waals surface area contributed by atoms with Crippen LogP contribution in [0, 0.1) is 0 Å². The minimum atomic E-state index is -0.343.